The Hall–Kier alpha value is -3.92. The molecule has 37 heavy (non-hydrogen) atoms. The van der Waals surface area contributed by atoms with E-state index in [0.717, 1.165) is 12.8 Å². The molecule has 0 saturated carbocycles. The number of carbonyl (C=O) groups is 3. The summed E-state index contributed by atoms with van der Waals surface area (Å²) in [6, 6.07) is 1.19. The van der Waals surface area contributed by atoms with Crippen LogP contribution in [0.25, 0.3) is 10.2 Å². The fraction of sp³-hybridized carbons (Fsp3) is 0.333. The summed E-state index contributed by atoms with van der Waals surface area (Å²) in [5.74, 6) is 0.128. The Kier molecular flexibility index (Phi) is 7.77. The third kappa shape index (κ3) is 5.43. The minimum Gasteiger partial charge on any atom is -0.491 e. The third-order valence-corrected chi connectivity index (χ3v) is 7.15. The third-order valence-electron chi connectivity index (χ3n) is 6.05. The Labute approximate surface area is 220 Å². The van der Waals surface area contributed by atoms with Crippen LogP contribution in [0.2, 0.25) is 0 Å². The first kappa shape index (κ1) is 26.2. The lowest BCUT2D eigenvalue weighted by atomic mass is 10.1. The van der Waals surface area contributed by atoms with E-state index in [4.69, 9.17) is 4.74 Å². The van der Waals surface area contributed by atoms with Crippen LogP contribution in [0, 0.1) is 0 Å². The Balaban J connectivity index is 1.65. The summed E-state index contributed by atoms with van der Waals surface area (Å²) < 4.78 is 5.83. The number of anilines is 2. The molecule has 1 saturated heterocycles. The number of piperidine rings is 1. The quantitative estimate of drug-likeness (QED) is 0.291. The number of amides is 4. The number of carbonyl (C=O) groups excluding carboxylic acids is 3. The highest BCUT2D eigenvalue weighted by Gasteiger charge is 2.33. The smallest absolute Gasteiger partial charge is 0.330 e. The SMILES string of the molecule is C=C/C=C(\C=C(/C)N1C(=O)Nc2c(C(=O)N[C@@H]3CCCN(C(=O)C=C)C3)sc3nccc1c23)OC(C)C. The van der Waals surface area contributed by atoms with Crippen molar-refractivity contribution in [3.05, 3.63) is 66.1 Å². The van der Waals surface area contributed by atoms with Gasteiger partial charge in [0.15, 0.2) is 0 Å². The molecule has 4 amide bonds. The lowest BCUT2D eigenvalue weighted by molar-refractivity contribution is -0.127. The van der Waals surface area contributed by atoms with Crippen LogP contribution in [0.3, 0.4) is 0 Å². The minimum atomic E-state index is -0.385. The summed E-state index contributed by atoms with van der Waals surface area (Å²) in [6.45, 7) is 14.0. The topological polar surface area (TPSA) is 104 Å². The predicted molar refractivity (Wildman–Crippen MR) is 147 cm³/mol. The van der Waals surface area contributed by atoms with Gasteiger partial charge in [-0.1, -0.05) is 19.2 Å². The van der Waals surface area contributed by atoms with Gasteiger partial charge in [0.2, 0.25) is 5.91 Å². The van der Waals surface area contributed by atoms with Crippen molar-refractivity contribution >= 4 is 50.8 Å². The van der Waals surface area contributed by atoms with Crippen LogP contribution in [0.4, 0.5) is 16.2 Å². The van der Waals surface area contributed by atoms with Crippen LogP contribution in [-0.4, -0.2) is 53.0 Å². The van der Waals surface area contributed by atoms with Crippen molar-refractivity contribution in [1.82, 2.24) is 15.2 Å². The molecular formula is C27H31N5O4S. The molecule has 1 fully saturated rings. The molecule has 0 spiro atoms. The highest BCUT2D eigenvalue weighted by molar-refractivity contribution is 7.21. The van der Waals surface area contributed by atoms with Crippen molar-refractivity contribution in [3.63, 3.8) is 0 Å². The molecule has 0 aliphatic carbocycles. The van der Waals surface area contributed by atoms with Crippen LogP contribution in [0.1, 0.15) is 43.3 Å². The maximum Gasteiger partial charge on any atom is 0.330 e. The number of urea groups is 1. The molecule has 194 valence electrons. The number of nitrogens with one attached hydrogen (secondary N) is 2. The molecule has 0 aromatic carbocycles. The van der Waals surface area contributed by atoms with Crippen molar-refractivity contribution < 1.29 is 19.1 Å². The molecule has 2 N–H and O–H groups in total. The number of aromatic nitrogens is 1. The van der Waals surface area contributed by atoms with E-state index in [2.05, 4.69) is 28.8 Å². The van der Waals surface area contributed by atoms with Crippen molar-refractivity contribution in [3.8, 4) is 0 Å². The van der Waals surface area contributed by atoms with Crippen molar-refractivity contribution in [2.24, 2.45) is 0 Å². The number of pyridine rings is 1. The van der Waals surface area contributed by atoms with Gasteiger partial charge in [0.1, 0.15) is 15.5 Å². The highest BCUT2D eigenvalue weighted by atomic mass is 32.1. The lowest BCUT2D eigenvalue weighted by Crippen LogP contribution is -2.49. The van der Waals surface area contributed by atoms with Gasteiger partial charge >= 0.3 is 6.03 Å². The molecule has 2 aliphatic rings. The average molecular weight is 522 g/mol. The summed E-state index contributed by atoms with van der Waals surface area (Å²) in [5.41, 5.74) is 1.72. The van der Waals surface area contributed by atoms with E-state index in [0.29, 0.717) is 51.0 Å². The van der Waals surface area contributed by atoms with E-state index in [-0.39, 0.29) is 30.0 Å². The zero-order valence-corrected chi connectivity index (χ0v) is 22.1. The largest absolute Gasteiger partial charge is 0.491 e. The second-order valence-corrected chi connectivity index (χ2v) is 10.1. The van der Waals surface area contributed by atoms with Crippen LogP contribution in [-0.2, 0) is 9.53 Å². The van der Waals surface area contributed by atoms with Gasteiger partial charge in [0.05, 0.1) is 22.9 Å². The van der Waals surface area contributed by atoms with E-state index in [1.165, 1.54) is 17.4 Å². The van der Waals surface area contributed by atoms with E-state index in [1.807, 2.05) is 20.8 Å². The minimum absolute atomic E-state index is 0.0475. The molecule has 2 aromatic heterocycles. The van der Waals surface area contributed by atoms with Crippen LogP contribution in [0.15, 0.2) is 61.2 Å². The maximum atomic E-state index is 13.3. The number of hydrogen-bond donors (Lipinski definition) is 2. The van der Waals surface area contributed by atoms with Gasteiger partial charge < -0.3 is 20.3 Å². The first-order valence-corrected chi connectivity index (χ1v) is 13.0. The van der Waals surface area contributed by atoms with E-state index in [9.17, 15) is 14.4 Å². The summed E-state index contributed by atoms with van der Waals surface area (Å²) >= 11 is 1.23. The second-order valence-electron chi connectivity index (χ2n) is 9.14. The Morgan fingerprint density at radius 1 is 1.35 bits per heavy atom. The molecule has 4 rings (SSSR count). The fourth-order valence-corrected chi connectivity index (χ4v) is 5.57. The predicted octanol–water partition coefficient (Wildman–Crippen LogP) is 4.95. The summed E-state index contributed by atoms with van der Waals surface area (Å²) in [4.78, 5) is 47.4. The normalized spacial score (nSPS) is 18.1. The Morgan fingerprint density at radius 2 is 2.14 bits per heavy atom. The number of hydrogen-bond acceptors (Lipinski definition) is 6. The standard InChI is InChI=1S/C27H31N5O4S/c1-6-9-19(36-16(3)4)14-17(5)32-20-11-12-28-26-22(20)23(30-27(32)35)24(37-26)25(34)29-18-10-8-13-31(15-18)21(33)7-2/h6-7,9,11-12,14,16,18H,1-2,8,10,13,15H2,3-5H3,(H,29,34)(H,30,35)/b17-14+,19-9+/t18-/m1/s1. The zero-order valence-electron chi connectivity index (χ0n) is 21.2. The molecule has 10 heteroatoms. The molecule has 1 atom stereocenters. The highest BCUT2D eigenvalue weighted by Crippen LogP contribution is 2.44. The average Bonchev–Trinajstić information content (AvgIpc) is 3.23. The van der Waals surface area contributed by atoms with Crippen molar-refractivity contribution in [2.75, 3.05) is 23.3 Å². The van der Waals surface area contributed by atoms with E-state index in [1.54, 1.807) is 40.3 Å². The van der Waals surface area contributed by atoms with Gasteiger partial charge in [-0.2, -0.15) is 0 Å². The monoisotopic (exact) mass is 521 g/mol. The number of allylic oxidation sites excluding steroid dienone is 4. The van der Waals surface area contributed by atoms with E-state index >= 15 is 0 Å². The summed E-state index contributed by atoms with van der Waals surface area (Å²) in [5, 5.41) is 6.64. The number of likely N-dealkylation sites (tertiary alicyclic amines) is 1. The number of nitrogens with zero attached hydrogens (tertiary/aromatic N) is 3. The summed E-state index contributed by atoms with van der Waals surface area (Å²) in [7, 11) is 0. The number of ether oxygens (including phenoxy) is 1. The van der Waals surface area contributed by atoms with Gasteiger partial charge in [0.25, 0.3) is 5.91 Å². The molecule has 0 unspecified atom stereocenters. The first-order chi connectivity index (χ1) is 17.7. The fourth-order valence-electron chi connectivity index (χ4n) is 4.55. The molecule has 2 aliphatic heterocycles. The van der Waals surface area contributed by atoms with Gasteiger partial charge in [0, 0.05) is 31.0 Å². The first-order valence-electron chi connectivity index (χ1n) is 12.2. The van der Waals surface area contributed by atoms with Crippen LogP contribution < -0.4 is 15.5 Å². The molecule has 0 bridgehead atoms. The van der Waals surface area contributed by atoms with Crippen molar-refractivity contribution in [1.29, 1.82) is 0 Å². The van der Waals surface area contributed by atoms with Crippen molar-refractivity contribution in [2.45, 2.75) is 45.8 Å². The molecular weight excluding hydrogens is 490 g/mol. The molecule has 0 radical (unpaired) electrons. The Bertz CT molecular complexity index is 1330. The Morgan fingerprint density at radius 3 is 2.84 bits per heavy atom. The number of thiophene rings is 1. The van der Waals surface area contributed by atoms with Crippen LogP contribution in [0.5, 0.6) is 0 Å². The maximum absolute atomic E-state index is 13.3. The number of rotatable bonds is 8. The lowest BCUT2D eigenvalue weighted by Gasteiger charge is -2.32. The molecule has 9 nitrogen and oxygen atoms in total. The van der Waals surface area contributed by atoms with E-state index < -0.39 is 0 Å². The summed E-state index contributed by atoms with van der Waals surface area (Å²) in [6.07, 6.45) is 9.56. The molecule has 4 heterocycles. The van der Waals surface area contributed by atoms with Gasteiger partial charge in [-0.25, -0.2) is 9.78 Å². The van der Waals surface area contributed by atoms with Gasteiger partial charge in [-0.15, -0.1) is 11.3 Å². The zero-order chi connectivity index (χ0) is 26.7. The second kappa shape index (κ2) is 11.0. The van der Waals surface area contributed by atoms with Crippen LogP contribution >= 0.6 is 11.3 Å². The van der Waals surface area contributed by atoms with Gasteiger partial charge in [-0.3, -0.25) is 14.5 Å². The molecule has 2 aromatic rings. The van der Waals surface area contributed by atoms with Gasteiger partial charge in [-0.05, 0) is 57.9 Å².